The third-order valence-corrected chi connectivity index (χ3v) is 10.0. The molecule has 194 valence electrons. The van der Waals surface area contributed by atoms with Crippen LogP contribution < -0.4 is 0 Å². The molecule has 2 bridgehead atoms. The van der Waals surface area contributed by atoms with Crippen LogP contribution in [0.5, 0.6) is 0 Å². The van der Waals surface area contributed by atoms with Crippen LogP contribution in [0.15, 0.2) is 35.4 Å². The third-order valence-electron chi connectivity index (χ3n) is 10.0. The molecule has 4 aliphatic carbocycles. The normalized spacial score (nSPS) is 40.3. The molecule has 0 aliphatic heterocycles. The van der Waals surface area contributed by atoms with Crippen molar-refractivity contribution < 1.29 is 29.6 Å². The highest BCUT2D eigenvalue weighted by Crippen LogP contribution is 2.71. The standard InChI is InChI=1S/C30H38O6/c1-14-8-15(2)22(16(3)9-14)27(34)36-26-17(4)12-29-18(5)10-21-23(28(21,6)7)20(25(29)33)11-19(13-31)24(32)30(26,29)35/h8-9,11-12,18,20-21,23-24,26,31-32,35H,10,13H2,1-7H3/t18-,20+,21-,23?,24-,26+,29+,30+/m1/s1. The molecule has 3 N–H and O–H groups in total. The van der Waals surface area contributed by atoms with Gasteiger partial charge >= 0.3 is 5.97 Å². The van der Waals surface area contributed by atoms with E-state index in [4.69, 9.17) is 4.74 Å². The second-order valence-corrected chi connectivity index (χ2v) is 12.4. The summed E-state index contributed by atoms with van der Waals surface area (Å²) < 4.78 is 6.03. The van der Waals surface area contributed by atoms with E-state index in [1.807, 2.05) is 39.8 Å². The molecule has 1 spiro atoms. The van der Waals surface area contributed by atoms with Gasteiger partial charge in [0.05, 0.1) is 17.6 Å². The second kappa shape index (κ2) is 7.86. The molecule has 2 fully saturated rings. The van der Waals surface area contributed by atoms with E-state index in [2.05, 4.69) is 13.8 Å². The number of benzene rings is 1. The molecule has 0 radical (unpaired) electrons. The van der Waals surface area contributed by atoms with Gasteiger partial charge in [-0.2, -0.15) is 0 Å². The molecule has 1 unspecified atom stereocenters. The van der Waals surface area contributed by atoms with Crippen molar-refractivity contribution in [2.75, 3.05) is 6.61 Å². The van der Waals surface area contributed by atoms with E-state index in [1.165, 1.54) is 0 Å². The van der Waals surface area contributed by atoms with Crippen molar-refractivity contribution in [1.82, 2.24) is 0 Å². The van der Waals surface area contributed by atoms with Gasteiger partial charge in [0.2, 0.25) is 0 Å². The van der Waals surface area contributed by atoms with Crippen molar-refractivity contribution in [3.05, 3.63) is 57.7 Å². The lowest BCUT2D eigenvalue weighted by Crippen LogP contribution is -2.65. The number of fused-ring (bicyclic) bond motifs is 3. The number of aryl methyl sites for hydroxylation is 3. The Kier molecular flexibility index (Phi) is 5.54. The molecule has 0 heterocycles. The lowest BCUT2D eigenvalue weighted by atomic mass is 9.59. The number of aliphatic hydroxyl groups excluding tert-OH is 2. The predicted octanol–water partition coefficient (Wildman–Crippen LogP) is 3.61. The minimum absolute atomic E-state index is 0.0373. The quantitative estimate of drug-likeness (QED) is 0.438. The van der Waals surface area contributed by atoms with E-state index in [-0.39, 0.29) is 28.6 Å². The zero-order valence-electron chi connectivity index (χ0n) is 22.3. The number of ketones is 1. The number of hydrogen-bond donors (Lipinski definition) is 3. The molecule has 0 amide bonds. The highest BCUT2D eigenvalue weighted by molar-refractivity contribution is 5.96. The zero-order chi connectivity index (χ0) is 26.5. The summed E-state index contributed by atoms with van der Waals surface area (Å²) in [6.45, 7) is 13.2. The first-order valence-corrected chi connectivity index (χ1v) is 13.0. The molecule has 8 atom stereocenters. The Morgan fingerprint density at radius 1 is 1.14 bits per heavy atom. The van der Waals surface area contributed by atoms with E-state index < -0.39 is 41.7 Å². The van der Waals surface area contributed by atoms with Gasteiger partial charge in [-0.3, -0.25) is 4.79 Å². The smallest absolute Gasteiger partial charge is 0.339 e. The molecule has 1 aromatic carbocycles. The van der Waals surface area contributed by atoms with Crippen molar-refractivity contribution in [2.24, 2.45) is 34.5 Å². The monoisotopic (exact) mass is 494 g/mol. The molecule has 0 saturated heterocycles. The summed E-state index contributed by atoms with van der Waals surface area (Å²) in [6.07, 6.45) is 1.37. The van der Waals surface area contributed by atoms with E-state index in [1.54, 1.807) is 19.1 Å². The van der Waals surface area contributed by atoms with Crippen molar-refractivity contribution in [1.29, 1.82) is 0 Å². The van der Waals surface area contributed by atoms with Crippen LogP contribution in [-0.2, 0) is 9.53 Å². The number of Topliss-reactive ketones (excluding diaryl/α,β-unsaturated/α-hetero) is 1. The topological polar surface area (TPSA) is 104 Å². The van der Waals surface area contributed by atoms with Gasteiger partial charge in [0, 0.05) is 5.92 Å². The van der Waals surface area contributed by atoms with Crippen molar-refractivity contribution in [3.8, 4) is 0 Å². The molecule has 4 aliphatic rings. The van der Waals surface area contributed by atoms with Gasteiger partial charge in [-0.15, -0.1) is 0 Å². The van der Waals surface area contributed by atoms with Crippen LogP contribution in [-0.4, -0.2) is 51.5 Å². The maximum atomic E-state index is 14.4. The maximum Gasteiger partial charge on any atom is 0.339 e. The zero-order valence-corrected chi connectivity index (χ0v) is 22.3. The molecular weight excluding hydrogens is 456 g/mol. The molecule has 0 aromatic heterocycles. The highest BCUT2D eigenvalue weighted by atomic mass is 16.6. The fourth-order valence-corrected chi connectivity index (χ4v) is 8.26. The largest absolute Gasteiger partial charge is 0.451 e. The second-order valence-electron chi connectivity index (χ2n) is 12.4. The average molecular weight is 495 g/mol. The number of carbonyl (C=O) groups excluding carboxylic acids is 2. The van der Waals surface area contributed by atoms with E-state index in [9.17, 15) is 24.9 Å². The molecule has 2 saturated carbocycles. The third kappa shape index (κ3) is 3.01. The van der Waals surface area contributed by atoms with Crippen molar-refractivity contribution in [3.63, 3.8) is 0 Å². The number of aliphatic hydroxyl groups is 3. The minimum Gasteiger partial charge on any atom is -0.451 e. The summed E-state index contributed by atoms with van der Waals surface area (Å²) in [5.41, 5.74) is 0.124. The lowest BCUT2D eigenvalue weighted by molar-refractivity contribution is -0.190. The first-order chi connectivity index (χ1) is 16.7. The van der Waals surface area contributed by atoms with Gasteiger partial charge in [-0.1, -0.05) is 50.6 Å². The first-order valence-electron chi connectivity index (χ1n) is 13.0. The summed E-state index contributed by atoms with van der Waals surface area (Å²) in [7, 11) is 0. The number of allylic oxidation sites excluding steroid dienone is 1. The van der Waals surface area contributed by atoms with Crippen molar-refractivity contribution in [2.45, 2.75) is 72.7 Å². The maximum absolute atomic E-state index is 14.4. The fourth-order valence-electron chi connectivity index (χ4n) is 8.26. The number of ether oxygens (including phenoxy) is 1. The fraction of sp³-hybridized carbons (Fsp3) is 0.600. The van der Waals surface area contributed by atoms with Crippen LogP contribution in [0.2, 0.25) is 0 Å². The van der Waals surface area contributed by atoms with Crippen LogP contribution in [0.25, 0.3) is 0 Å². The number of rotatable bonds is 3. The van der Waals surface area contributed by atoms with Gasteiger partial charge in [0.15, 0.2) is 17.5 Å². The van der Waals surface area contributed by atoms with Crippen LogP contribution >= 0.6 is 0 Å². The summed E-state index contributed by atoms with van der Waals surface area (Å²) in [6, 6.07) is 3.81. The van der Waals surface area contributed by atoms with E-state index in [0.717, 1.165) is 23.1 Å². The number of hydrogen-bond acceptors (Lipinski definition) is 6. The summed E-state index contributed by atoms with van der Waals surface area (Å²) in [4.78, 5) is 27.9. The van der Waals surface area contributed by atoms with Gasteiger partial charge in [0.1, 0.15) is 6.10 Å². The molecule has 6 heteroatoms. The van der Waals surface area contributed by atoms with Gasteiger partial charge < -0.3 is 20.1 Å². The first kappa shape index (κ1) is 25.4. The van der Waals surface area contributed by atoms with Gasteiger partial charge in [-0.05, 0) is 79.6 Å². The molecule has 36 heavy (non-hydrogen) atoms. The Morgan fingerprint density at radius 2 is 1.75 bits per heavy atom. The number of carbonyl (C=O) groups is 2. The Hall–Kier alpha value is -2.28. The van der Waals surface area contributed by atoms with Gasteiger partial charge in [-0.25, -0.2) is 4.79 Å². The highest BCUT2D eigenvalue weighted by Gasteiger charge is 2.76. The Morgan fingerprint density at radius 3 is 2.33 bits per heavy atom. The predicted molar refractivity (Wildman–Crippen MR) is 135 cm³/mol. The molecule has 5 rings (SSSR count). The molecular formula is C30H38O6. The molecule has 1 aromatic rings. The van der Waals surface area contributed by atoms with Crippen LogP contribution in [0.1, 0.15) is 61.2 Å². The van der Waals surface area contributed by atoms with Crippen LogP contribution in [0.3, 0.4) is 0 Å². The summed E-state index contributed by atoms with van der Waals surface area (Å²) in [5.74, 6) is -1.20. The average Bonchev–Trinajstić information content (AvgIpc) is 3.27. The minimum atomic E-state index is -2.13. The Bertz CT molecular complexity index is 1200. The van der Waals surface area contributed by atoms with Crippen LogP contribution in [0, 0.1) is 55.3 Å². The van der Waals surface area contributed by atoms with E-state index >= 15 is 0 Å². The SMILES string of the molecule is CC1=C[C@]23C(=O)[C@@H](C=C(CO)[C@@H](O)[C@]2(O)[C@H]1OC(=O)c1c(C)cc(C)cc1C)C1[C@@H](C[C@H]3C)C1(C)C. The Labute approximate surface area is 213 Å². The van der Waals surface area contributed by atoms with Crippen molar-refractivity contribution >= 4 is 11.8 Å². The van der Waals surface area contributed by atoms with E-state index in [0.29, 0.717) is 17.1 Å². The summed E-state index contributed by atoms with van der Waals surface area (Å²) >= 11 is 0. The Balaban J connectivity index is 1.64. The molecule has 6 nitrogen and oxygen atoms in total. The lowest BCUT2D eigenvalue weighted by Gasteiger charge is -2.48. The van der Waals surface area contributed by atoms with Crippen LogP contribution in [0.4, 0.5) is 0 Å². The number of esters is 1. The summed E-state index contributed by atoms with van der Waals surface area (Å²) in [5, 5.41) is 34.4. The van der Waals surface area contributed by atoms with Gasteiger partial charge in [0.25, 0.3) is 0 Å².